The van der Waals surface area contributed by atoms with Crippen LogP contribution in [-0.2, 0) is 18.4 Å². The smallest absolute Gasteiger partial charge is 0.234 e. The van der Waals surface area contributed by atoms with Crippen LogP contribution in [0.1, 0.15) is 18.3 Å². The summed E-state index contributed by atoms with van der Waals surface area (Å²) in [5.41, 5.74) is 1.73. The van der Waals surface area contributed by atoms with Crippen molar-refractivity contribution in [3.8, 4) is 17.2 Å². The van der Waals surface area contributed by atoms with Crippen molar-refractivity contribution in [2.45, 2.75) is 25.6 Å². The van der Waals surface area contributed by atoms with E-state index in [-0.39, 0.29) is 18.3 Å². The van der Waals surface area contributed by atoms with Crippen LogP contribution in [0, 0.1) is 6.92 Å². The van der Waals surface area contributed by atoms with Gasteiger partial charge in [0, 0.05) is 7.05 Å². The van der Waals surface area contributed by atoms with E-state index >= 15 is 0 Å². The molecule has 0 aliphatic rings. The summed E-state index contributed by atoms with van der Waals surface area (Å²) in [4.78, 5) is 12.3. The number of thioether (sulfide) groups is 1. The molecule has 0 atom stereocenters. The Kier molecular flexibility index (Phi) is 7.77. The van der Waals surface area contributed by atoms with Gasteiger partial charge in [0.05, 0.1) is 25.2 Å². The minimum Gasteiger partial charge on any atom is -0.495 e. The summed E-state index contributed by atoms with van der Waals surface area (Å²) in [6.07, 6.45) is 0. The van der Waals surface area contributed by atoms with E-state index in [4.69, 9.17) is 14.2 Å². The second kappa shape index (κ2) is 10.7. The molecule has 2 aromatic carbocycles. The van der Waals surface area contributed by atoms with E-state index in [0.717, 1.165) is 5.56 Å². The number of ether oxygens (including phenoxy) is 3. The number of hydrogen-bond acceptors (Lipinski definition) is 7. The van der Waals surface area contributed by atoms with Crippen molar-refractivity contribution in [2.24, 2.45) is 7.05 Å². The van der Waals surface area contributed by atoms with Crippen LogP contribution in [0.5, 0.6) is 17.2 Å². The number of methoxy groups -OCH3 is 1. The predicted molar refractivity (Wildman–Crippen MR) is 120 cm³/mol. The van der Waals surface area contributed by atoms with Crippen molar-refractivity contribution in [3.63, 3.8) is 0 Å². The minimum absolute atomic E-state index is 0.156. The lowest BCUT2D eigenvalue weighted by Gasteiger charge is -2.12. The van der Waals surface area contributed by atoms with E-state index in [0.29, 0.717) is 40.5 Å². The van der Waals surface area contributed by atoms with Crippen LogP contribution >= 0.6 is 11.8 Å². The van der Waals surface area contributed by atoms with Crippen molar-refractivity contribution < 1.29 is 19.0 Å². The largest absolute Gasteiger partial charge is 0.495 e. The van der Waals surface area contributed by atoms with E-state index in [1.807, 2.05) is 55.8 Å². The Bertz CT molecular complexity index is 1040. The summed E-state index contributed by atoms with van der Waals surface area (Å²) >= 11 is 1.30. The number of rotatable bonds is 10. The Morgan fingerprint density at radius 2 is 1.90 bits per heavy atom. The van der Waals surface area contributed by atoms with E-state index in [2.05, 4.69) is 15.5 Å². The molecule has 0 aliphatic heterocycles. The molecule has 31 heavy (non-hydrogen) atoms. The van der Waals surface area contributed by atoms with Gasteiger partial charge in [0.15, 0.2) is 22.5 Å². The molecule has 164 valence electrons. The Balaban J connectivity index is 1.57. The number of aryl methyl sites for hydroxylation is 1. The van der Waals surface area contributed by atoms with Gasteiger partial charge in [-0.25, -0.2) is 0 Å². The molecule has 0 aliphatic carbocycles. The fourth-order valence-corrected chi connectivity index (χ4v) is 3.54. The van der Waals surface area contributed by atoms with Crippen LogP contribution in [-0.4, -0.2) is 40.1 Å². The second-order valence-corrected chi connectivity index (χ2v) is 7.61. The van der Waals surface area contributed by atoms with Crippen molar-refractivity contribution in [1.29, 1.82) is 0 Å². The number of carbonyl (C=O) groups excluding carboxylic acids is 1. The third-order valence-electron chi connectivity index (χ3n) is 4.39. The van der Waals surface area contributed by atoms with Gasteiger partial charge in [-0.05, 0) is 43.7 Å². The van der Waals surface area contributed by atoms with Gasteiger partial charge in [-0.15, -0.1) is 10.2 Å². The first-order chi connectivity index (χ1) is 15.0. The molecule has 0 bridgehead atoms. The SMILES string of the molecule is CCOc1cc(C)ccc1OCc1nnc(SCC(=O)Nc2ccccc2OC)n1C. The normalized spacial score (nSPS) is 10.6. The Morgan fingerprint density at radius 1 is 1.10 bits per heavy atom. The highest BCUT2D eigenvalue weighted by Gasteiger charge is 2.14. The summed E-state index contributed by atoms with van der Waals surface area (Å²) < 4.78 is 18.6. The number of amides is 1. The molecule has 0 spiro atoms. The highest BCUT2D eigenvalue weighted by Crippen LogP contribution is 2.29. The van der Waals surface area contributed by atoms with E-state index < -0.39 is 0 Å². The molecule has 0 fully saturated rings. The highest BCUT2D eigenvalue weighted by atomic mass is 32.2. The Labute approximate surface area is 185 Å². The maximum Gasteiger partial charge on any atom is 0.234 e. The molecule has 3 rings (SSSR count). The van der Waals surface area contributed by atoms with Crippen LogP contribution in [0.3, 0.4) is 0 Å². The number of nitrogens with one attached hydrogen (secondary N) is 1. The van der Waals surface area contributed by atoms with Gasteiger partial charge >= 0.3 is 0 Å². The molecule has 3 aromatic rings. The van der Waals surface area contributed by atoms with Crippen molar-refractivity contribution >= 4 is 23.4 Å². The first-order valence-electron chi connectivity index (χ1n) is 9.82. The monoisotopic (exact) mass is 442 g/mol. The fraction of sp³-hybridized carbons (Fsp3) is 0.318. The van der Waals surface area contributed by atoms with Crippen LogP contribution in [0.2, 0.25) is 0 Å². The lowest BCUT2D eigenvalue weighted by atomic mass is 10.2. The number of carbonyl (C=O) groups is 1. The summed E-state index contributed by atoms with van der Waals surface area (Å²) in [7, 11) is 3.41. The predicted octanol–water partition coefficient (Wildman–Crippen LogP) is 3.84. The van der Waals surface area contributed by atoms with Gasteiger partial charge in [0.2, 0.25) is 5.91 Å². The lowest BCUT2D eigenvalue weighted by Crippen LogP contribution is -2.15. The van der Waals surface area contributed by atoms with Crippen LogP contribution in [0.15, 0.2) is 47.6 Å². The quantitative estimate of drug-likeness (QED) is 0.477. The Morgan fingerprint density at radius 3 is 2.68 bits per heavy atom. The summed E-state index contributed by atoms with van der Waals surface area (Å²) in [6.45, 7) is 4.73. The second-order valence-electron chi connectivity index (χ2n) is 6.67. The molecule has 1 aromatic heterocycles. The van der Waals surface area contributed by atoms with Crippen LogP contribution < -0.4 is 19.5 Å². The van der Waals surface area contributed by atoms with Gasteiger partial charge < -0.3 is 24.1 Å². The number of aromatic nitrogens is 3. The number of nitrogens with zero attached hydrogens (tertiary/aromatic N) is 3. The van der Waals surface area contributed by atoms with Crippen LogP contribution in [0.4, 0.5) is 5.69 Å². The summed E-state index contributed by atoms with van der Waals surface area (Å²) in [5.74, 6) is 2.65. The average molecular weight is 443 g/mol. The highest BCUT2D eigenvalue weighted by molar-refractivity contribution is 7.99. The summed E-state index contributed by atoms with van der Waals surface area (Å²) in [5, 5.41) is 11.8. The molecule has 8 nitrogen and oxygen atoms in total. The van der Waals surface area contributed by atoms with E-state index in [9.17, 15) is 4.79 Å². The lowest BCUT2D eigenvalue weighted by molar-refractivity contribution is -0.113. The number of anilines is 1. The van der Waals surface area contributed by atoms with Gasteiger partial charge in [-0.3, -0.25) is 4.79 Å². The average Bonchev–Trinajstić information content (AvgIpc) is 3.12. The molecule has 9 heteroatoms. The zero-order chi connectivity index (χ0) is 22.2. The summed E-state index contributed by atoms with van der Waals surface area (Å²) in [6, 6.07) is 13.1. The molecule has 1 heterocycles. The maximum atomic E-state index is 12.3. The first kappa shape index (κ1) is 22.5. The van der Waals surface area contributed by atoms with E-state index in [1.165, 1.54) is 11.8 Å². The molecular weight excluding hydrogens is 416 g/mol. The number of benzene rings is 2. The third-order valence-corrected chi connectivity index (χ3v) is 5.41. The van der Waals surface area contributed by atoms with Gasteiger partial charge in [0.25, 0.3) is 0 Å². The Hall–Kier alpha value is -3.20. The molecule has 0 saturated carbocycles. The zero-order valence-electron chi connectivity index (χ0n) is 18.0. The minimum atomic E-state index is -0.156. The maximum absolute atomic E-state index is 12.3. The molecule has 1 N–H and O–H groups in total. The van der Waals surface area contributed by atoms with Crippen LogP contribution in [0.25, 0.3) is 0 Å². The fourth-order valence-electron chi connectivity index (χ4n) is 2.81. The number of hydrogen-bond donors (Lipinski definition) is 1. The standard InChI is InChI=1S/C22H26N4O4S/c1-5-29-19-12-15(2)10-11-18(19)30-13-20-24-25-22(26(20)3)31-14-21(27)23-16-8-6-7-9-17(16)28-4/h6-12H,5,13-14H2,1-4H3,(H,23,27). The molecule has 0 saturated heterocycles. The number of para-hydroxylation sites is 2. The van der Waals surface area contributed by atoms with Crippen molar-refractivity contribution in [1.82, 2.24) is 14.8 Å². The topological polar surface area (TPSA) is 87.5 Å². The van der Waals surface area contributed by atoms with Gasteiger partial charge in [0.1, 0.15) is 12.4 Å². The zero-order valence-corrected chi connectivity index (χ0v) is 18.9. The van der Waals surface area contributed by atoms with Crippen molar-refractivity contribution in [2.75, 3.05) is 24.8 Å². The third kappa shape index (κ3) is 5.91. The van der Waals surface area contributed by atoms with Gasteiger partial charge in [-0.2, -0.15) is 0 Å². The molecule has 0 radical (unpaired) electrons. The molecular formula is C22H26N4O4S. The van der Waals surface area contributed by atoms with E-state index in [1.54, 1.807) is 19.2 Å². The van der Waals surface area contributed by atoms with Gasteiger partial charge in [-0.1, -0.05) is 30.0 Å². The first-order valence-corrected chi connectivity index (χ1v) is 10.8. The molecule has 1 amide bonds. The van der Waals surface area contributed by atoms with Crippen molar-refractivity contribution in [3.05, 3.63) is 53.9 Å². The molecule has 0 unspecified atom stereocenters.